The Labute approximate surface area is 296 Å². The summed E-state index contributed by atoms with van der Waals surface area (Å²) in [4.78, 5) is 0. The van der Waals surface area contributed by atoms with Crippen LogP contribution in [0.1, 0.15) is 22.3 Å². The van der Waals surface area contributed by atoms with Crippen molar-refractivity contribution in [3.05, 3.63) is 216 Å². The molecule has 10 aromatic rings. The Morgan fingerprint density at radius 2 is 0.784 bits per heavy atom. The summed E-state index contributed by atoms with van der Waals surface area (Å²) in [7, 11) is 0. The van der Waals surface area contributed by atoms with E-state index < -0.39 is 5.41 Å². The first-order valence-corrected chi connectivity index (χ1v) is 17.7. The van der Waals surface area contributed by atoms with Crippen LogP contribution >= 0.6 is 0 Å². The lowest BCUT2D eigenvalue weighted by atomic mass is 9.67. The molecule has 0 N–H and O–H groups in total. The number of nitrogens with zero attached hydrogens (tertiary/aromatic N) is 2. The third-order valence-corrected chi connectivity index (χ3v) is 11.2. The molecule has 2 heteroatoms. The van der Waals surface area contributed by atoms with Crippen LogP contribution in [0.2, 0.25) is 0 Å². The molecule has 2 nitrogen and oxygen atoms in total. The van der Waals surface area contributed by atoms with E-state index in [-0.39, 0.29) is 0 Å². The maximum Gasteiger partial charge on any atom is 0.0788 e. The molecule has 0 saturated heterocycles. The second-order valence-electron chi connectivity index (χ2n) is 13.7. The van der Waals surface area contributed by atoms with E-state index in [0.717, 1.165) is 11.4 Å². The highest BCUT2D eigenvalue weighted by molar-refractivity contribution is 6.24. The molecule has 0 spiro atoms. The lowest BCUT2D eigenvalue weighted by molar-refractivity contribution is 0.770. The van der Waals surface area contributed by atoms with Crippen molar-refractivity contribution in [3.63, 3.8) is 0 Å². The molecule has 8 aromatic carbocycles. The van der Waals surface area contributed by atoms with Gasteiger partial charge in [0.1, 0.15) is 0 Å². The van der Waals surface area contributed by atoms with Crippen molar-refractivity contribution in [2.75, 3.05) is 0 Å². The SMILES string of the molecule is c1ccc(-n2c3ccccc3c3ccc4c5cc(C6(c7ccccc7)c7ccccc7-c7ccccc76)ccc5n(-c5ccccc5)c4c32)cc1. The first-order valence-electron chi connectivity index (χ1n) is 17.7. The molecule has 0 bridgehead atoms. The molecule has 1 aliphatic rings. The maximum absolute atomic E-state index is 2.49. The zero-order valence-corrected chi connectivity index (χ0v) is 27.9. The Balaban J connectivity index is 1.32. The monoisotopic (exact) mass is 648 g/mol. The summed E-state index contributed by atoms with van der Waals surface area (Å²) in [5.41, 5.74) is 14.5. The lowest BCUT2D eigenvalue weighted by Crippen LogP contribution is -2.28. The van der Waals surface area contributed by atoms with Crippen molar-refractivity contribution in [1.82, 2.24) is 9.13 Å². The summed E-state index contributed by atoms with van der Waals surface area (Å²) in [6.07, 6.45) is 0. The van der Waals surface area contributed by atoms with Crippen LogP contribution in [-0.4, -0.2) is 9.13 Å². The van der Waals surface area contributed by atoms with Crippen LogP contribution in [-0.2, 0) is 5.41 Å². The van der Waals surface area contributed by atoms with Crippen molar-refractivity contribution in [2.24, 2.45) is 0 Å². The largest absolute Gasteiger partial charge is 0.307 e. The van der Waals surface area contributed by atoms with Crippen molar-refractivity contribution < 1.29 is 0 Å². The fourth-order valence-corrected chi connectivity index (χ4v) is 9.19. The average Bonchev–Trinajstić information content (AvgIpc) is 3.83. The first-order chi connectivity index (χ1) is 25.3. The van der Waals surface area contributed by atoms with E-state index >= 15 is 0 Å². The van der Waals surface area contributed by atoms with Gasteiger partial charge >= 0.3 is 0 Å². The van der Waals surface area contributed by atoms with E-state index in [1.807, 2.05) is 0 Å². The van der Waals surface area contributed by atoms with E-state index in [4.69, 9.17) is 0 Å². The van der Waals surface area contributed by atoms with Crippen molar-refractivity contribution in [1.29, 1.82) is 0 Å². The van der Waals surface area contributed by atoms with E-state index in [0.29, 0.717) is 0 Å². The third-order valence-electron chi connectivity index (χ3n) is 11.2. The van der Waals surface area contributed by atoms with Gasteiger partial charge in [-0.1, -0.05) is 152 Å². The van der Waals surface area contributed by atoms with Crippen LogP contribution in [0.3, 0.4) is 0 Å². The van der Waals surface area contributed by atoms with Crippen LogP contribution in [0, 0.1) is 0 Å². The predicted octanol–water partition coefficient (Wildman–Crippen LogP) is 12.2. The second kappa shape index (κ2) is 10.7. The summed E-state index contributed by atoms with van der Waals surface area (Å²) < 4.78 is 4.95. The van der Waals surface area contributed by atoms with Crippen LogP contribution in [0.25, 0.3) is 66.1 Å². The summed E-state index contributed by atoms with van der Waals surface area (Å²) in [6, 6.07) is 71.5. The Hall–Kier alpha value is -6.64. The van der Waals surface area contributed by atoms with Crippen molar-refractivity contribution in [3.8, 4) is 22.5 Å². The van der Waals surface area contributed by atoms with Gasteiger partial charge in [0, 0.05) is 32.9 Å². The molecule has 2 heterocycles. The summed E-state index contributed by atoms with van der Waals surface area (Å²) in [5, 5.41) is 4.99. The molecule has 1 aliphatic carbocycles. The van der Waals surface area contributed by atoms with Gasteiger partial charge in [-0.05, 0) is 75.8 Å². The van der Waals surface area contributed by atoms with Crippen LogP contribution in [0.4, 0.5) is 0 Å². The molecule has 0 radical (unpaired) electrons. The number of rotatable bonds is 4. The number of benzene rings is 8. The Kier molecular flexibility index (Phi) is 5.91. The molecule has 2 aromatic heterocycles. The van der Waals surface area contributed by atoms with Gasteiger partial charge in [0.2, 0.25) is 0 Å². The lowest BCUT2D eigenvalue weighted by Gasteiger charge is -2.34. The molecule has 238 valence electrons. The number of hydrogen-bond donors (Lipinski definition) is 0. The zero-order valence-electron chi connectivity index (χ0n) is 27.9. The molecule has 0 aliphatic heterocycles. The summed E-state index contributed by atoms with van der Waals surface area (Å²) >= 11 is 0. The molecular weight excluding hydrogens is 617 g/mol. The van der Waals surface area contributed by atoms with Crippen LogP contribution in [0.15, 0.2) is 194 Å². The first kappa shape index (κ1) is 28.2. The predicted molar refractivity (Wildman–Crippen MR) is 212 cm³/mol. The quantitative estimate of drug-likeness (QED) is 0.180. The summed E-state index contributed by atoms with van der Waals surface area (Å²) in [5.74, 6) is 0. The van der Waals surface area contributed by atoms with Gasteiger partial charge in [-0.15, -0.1) is 0 Å². The highest BCUT2D eigenvalue weighted by Crippen LogP contribution is 2.56. The van der Waals surface area contributed by atoms with Gasteiger partial charge in [0.05, 0.1) is 27.5 Å². The molecule has 51 heavy (non-hydrogen) atoms. The highest BCUT2D eigenvalue weighted by atomic mass is 15.0. The van der Waals surface area contributed by atoms with Gasteiger partial charge in [-0.25, -0.2) is 0 Å². The molecule has 11 rings (SSSR count). The Morgan fingerprint density at radius 3 is 1.39 bits per heavy atom. The molecular formula is C49H32N2. The number of para-hydroxylation sites is 3. The minimum Gasteiger partial charge on any atom is -0.307 e. The fraction of sp³-hybridized carbons (Fsp3) is 0.0204. The number of aromatic nitrogens is 2. The number of fused-ring (bicyclic) bond motifs is 10. The molecule has 0 amide bonds. The molecule has 0 atom stereocenters. The van der Waals surface area contributed by atoms with E-state index in [2.05, 4.69) is 203 Å². The molecule has 0 saturated carbocycles. The van der Waals surface area contributed by atoms with Gasteiger partial charge in [0.25, 0.3) is 0 Å². The van der Waals surface area contributed by atoms with Crippen LogP contribution in [0.5, 0.6) is 0 Å². The zero-order chi connectivity index (χ0) is 33.5. The van der Waals surface area contributed by atoms with Gasteiger partial charge in [0.15, 0.2) is 0 Å². The Morgan fingerprint density at radius 1 is 0.314 bits per heavy atom. The highest BCUT2D eigenvalue weighted by Gasteiger charge is 2.46. The fourth-order valence-electron chi connectivity index (χ4n) is 9.19. The van der Waals surface area contributed by atoms with E-state index in [1.54, 1.807) is 0 Å². The maximum atomic E-state index is 2.49. The standard InChI is InChI=1S/C49H32N2/c1-4-16-33(17-5-1)49(43-25-13-10-22-37(43)38-23-11-14-26-44(38)49)34-28-31-46-42(32-34)41-30-29-40-39-24-12-15-27-45(39)50(35-18-6-2-7-19-35)47(40)48(41)51(46)36-20-8-3-9-21-36/h1-32H. The third kappa shape index (κ3) is 3.76. The van der Waals surface area contributed by atoms with E-state index in [1.165, 1.54) is 77.0 Å². The average molecular weight is 649 g/mol. The van der Waals surface area contributed by atoms with E-state index in [9.17, 15) is 0 Å². The number of hydrogen-bond acceptors (Lipinski definition) is 0. The van der Waals surface area contributed by atoms with Crippen molar-refractivity contribution in [2.45, 2.75) is 5.41 Å². The minimum atomic E-state index is -0.465. The Bertz CT molecular complexity index is 2900. The molecule has 0 unspecified atom stereocenters. The van der Waals surface area contributed by atoms with Gasteiger partial charge < -0.3 is 9.13 Å². The normalized spacial score (nSPS) is 13.3. The van der Waals surface area contributed by atoms with Gasteiger partial charge in [-0.2, -0.15) is 0 Å². The van der Waals surface area contributed by atoms with Crippen LogP contribution < -0.4 is 0 Å². The smallest absolute Gasteiger partial charge is 0.0788 e. The minimum absolute atomic E-state index is 0.465. The topological polar surface area (TPSA) is 9.86 Å². The van der Waals surface area contributed by atoms with Gasteiger partial charge in [-0.3, -0.25) is 0 Å². The molecule has 0 fully saturated rings. The van der Waals surface area contributed by atoms with Crippen molar-refractivity contribution >= 4 is 43.6 Å². The second-order valence-corrected chi connectivity index (χ2v) is 13.7. The summed E-state index contributed by atoms with van der Waals surface area (Å²) in [6.45, 7) is 0.